The zero-order chi connectivity index (χ0) is 15.4. The maximum Gasteiger partial charge on any atom is 0.271 e. The molecule has 1 amide bonds. The molecule has 0 fully saturated rings. The first-order chi connectivity index (χ1) is 9.99. The topological polar surface area (TPSA) is 98.3 Å². The summed E-state index contributed by atoms with van der Waals surface area (Å²) in [7, 11) is 0. The quantitative estimate of drug-likeness (QED) is 0.670. The third kappa shape index (κ3) is 3.56. The van der Waals surface area contributed by atoms with Crippen LogP contribution in [0.1, 0.15) is 11.6 Å². The predicted octanol–water partition coefficient (Wildman–Crippen LogP) is 2.89. The zero-order valence-corrected chi connectivity index (χ0v) is 11.6. The van der Waals surface area contributed by atoms with Gasteiger partial charge in [0.15, 0.2) is 0 Å². The zero-order valence-electron chi connectivity index (χ0n) is 10.8. The lowest BCUT2D eigenvalue weighted by atomic mass is 10.1. The molecule has 2 rings (SSSR count). The van der Waals surface area contributed by atoms with Crippen molar-refractivity contribution in [1.82, 2.24) is 0 Å². The van der Waals surface area contributed by atoms with Gasteiger partial charge in [0.05, 0.1) is 15.6 Å². The molecule has 0 aromatic heterocycles. The number of hydrogen-bond donors (Lipinski definition) is 2. The normalized spacial score (nSPS) is 11.7. The smallest absolute Gasteiger partial charge is 0.271 e. The maximum absolute atomic E-state index is 12.1. The van der Waals surface area contributed by atoms with Crippen LogP contribution in [0.3, 0.4) is 0 Å². The van der Waals surface area contributed by atoms with Crippen LogP contribution in [0.4, 0.5) is 11.4 Å². The number of benzene rings is 2. The second-order valence-electron chi connectivity index (χ2n) is 4.30. The Labute approximate surface area is 125 Å². The molecule has 2 aromatic rings. The standard InChI is InChI=1S/C14H12ClN3O3/c15-11-8-10(18(20)21)6-7-12(11)17-14(19)13(16)9-4-2-1-3-5-9/h1-8,13H,16H2,(H,17,19)/t13-/m1/s1. The van der Waals surface area contributed by atoms with Crippen LogP contribution in [0.5, 0.6) is 0 Å². The fourth-order valence-electron chi connectivity index (χ4n) is 1.74. The van der Waals surface area contributed by atoms with Crippen LogP contribution < -0.4 is 11.1 Å². The van der Waals surface area contributed by atoms with Crippen LogP contribution in [0.2, 0.25) is 5.02 Å². The first kappa shape index (κ1) is 15.0. The third-order valence-electron chi connectivity index (χ3n) is 2.86. The van der Waals surface area contributed by atoms with E-state index in [4.69, 9.17) is 17.3 Å². The van der Waals surface area contributed by atoms with Crippen molar-refractivity contribution in [3.8, 4) is 0 Å². The molecule has 21 heavy (non-hydrogen) atoms. The maximum atomic E-state index is 12.1. The molecule has 0 saturated carbocycles. The highest BCUT2D eigenvalue weighted by molar-refractivity contribution is 6.34. The fraction of sp³-hybridized carbons (Fsp3) is 0.0714. The molecule has 0 aliphatic rings. The van der Waals surface area contributed by atoms with Gasteiger partial charge in [-0.05, 0) is 11.6 Å². The van der Waals surface area contributed by atoms with Crippen LogP contribution in [0.15, 0.2) is 48.5 Å². The fourth-order valence-corrected chi connectivity index (χ4v) is 1.96. The number of nitro groups is 1. The Morgan fingerprint density at radius 3 is 2.48 bits per heavy atom. The summed E-state index contributed by atoms with van der Waals surface area (Å²) in [5.41, 5.74) is 6.64. The number of non-ortho nitro benzene ring substituents is 1. The van der Waals surface area contributed by atoms with Crippen molar-refractivity contribution in [3.63, 3.8) is 0 Å². The summed E-state index contributed by atoms with van der Waals surface area (Å²) in [6.07, 6.45) is 0. The van der Waals surface area contributed by atoms with Crippen molar-refractivity contribution in [2.24, 2.45) is 5.73 Å². The minimum absolute atomic E-state index is 0.0813. The Kier molecular flexibility index (Phi) is 4.52. The highest BCUT2D eigenvalue weighted by Crippen LogP contribution is 2.27. The van der Waals surface area contributed by atoms with Gasteiger partial charge < -0.3 is 11.1 Å². The number of hydrogen-bond acceptors (Lipinski definition) is 4. The Bertz CT molecular complexity index is 676. The minimum Gasteiger partial charge on any atom is -0.323 e. The predicted molar refractivity (Wildman–Crippen MR) is 80.1 cm³/mol. The van der Waals surface area contributed by atoms with E-state index in [1.807, 2.05) is 6.07 Å². The van der Waals surface area contributed by atoms with Crippen LogP contribution in [-0.2, 0) is 4.79 Å². The number of nitro benzene ring substituents is 1. The number of nitrogens with zero attached hydrogens (tertiary/aromatic N) is 1. The summed E-state index contributed by atoms with van der Waals surface area (Å²) in [5.74, 6) is -0.447. The van der Waals surface area contributed by atoms with E-state index in [1.165, 1.54) is 18.2 Å². The molecule has 0 radical (unpaired) electrons. The molecule has 3 N–H and O–H groups in total. The van der Waals surface area contributed by atoms with E-state index >= 15 is 0 Å². The Hall–Kier alpha value is -2.44. The van der Waals surface area contributed by atoms with E-state index in [0.29, 0.717) is 5.56 Å². The Morgan fingerprint density at radius 2 is 1.90 bits per heavy atom. The third-order valence-corrected chi connectivity index (χ3v) is 3.18. The lowest BCUT2D eigenvalue weighted by molar-refractivity contribution is -0.384. The average Bonchev–Trinajstić information content (AvgIpc) is 2.49. The summed E-state index contributed by atoms with van der Waals surface area (Å²) < 4.78 is 0. The summed E-state index contributed by atoms with van der Waals surface area (Å²) >= 11 is 5.91. The van der Waals surface area contributed by atoms with E-state index in [0.717, 1.165) is 0 Å². The van der Waals surface area contributed by atoms with Gasteiger partial charge >= 0.3 is 0 Å². The van der Waals surface area contributed by atoms with Gasteiger partial charge in [-0.3, -0.25) is 14.9 Å². The van der Waals surface area contributed by atoms with Crippen LogP contribution in [-0.4, -0.2) is 10.8 Å². The molecule has 0 unspecified atom stereocenters. The first-order valence-electron chi connectivity index (χ1n) is 6.04. The number of nitrogens with one attached hydrogen (secondary N) is 1. The van der Waals surface area contributed by atoms with Gasteiger partial charge in [0.2, 0.25) is 5.91 Å². The number of carbonyl (C=O) groups is 1. The minimum atomic E-state index is -0.850. The summed E-state index contributed by atoms with van der Waals surface area (Å²) in [4.78, 5) is 22.1. The van der Waals surface area contributed by atoms with Gasteiger partial charge in [0.25, 0.3) is 5.69 Å². The second kappa shape index (κ2) is 6.34. The van der Waals surface area contributed by atoms with Gasteiger partial charge in [-0.2, -0.15) is 0 Å². The molecule has 7 heteroatoms. The molecule has 0 heterocycles. The number of anilines is 1. The number of halogens is 1. The van der Waals surface area contributed by atoms with Crippen LogP contribution in [0, 0.1) is 10.1 Å². The van der Waals surface area contributed by atoms with Crippen molar-refractivity contribution in [3.05, 3.63) is 69.2 Å². The number of amides is 1. The SMILES string of the molecule is N[C@@H](C(=O)Nc1ccc([N+](=O)[O-])cc1Cl)c1ccccc1. The molecular formula is C14H12ClN3O3. The first-order valence-corrected chi connectivity index (χ1v) is 6.42. The highest BCUT2D eigenvalue weighted by atomic mass is 35.5. The van der Waals surface area contributed by atoms with Gasteiger partial charge in [-0.15, -0.1) is 0 Å². The molecule has 0 aliphatic carbocycles. The molecule has 0 spiro atoms. The van der Waals surface area contributed by atoms with Crippen molar-refractivity contribution in [1.29, 1.82) is 0 Å². The molecular weight excluding hydrogens is 294 g/mol. The van der Waals surface area contributed by atoms with Gasteiger partial charge in [-0.1, -0.05) is 41.9 Å². The summed E-state index contributed by atoms with van der Waals surface area (Å²) in [6, 6.07) is 11.8. The summed E-state index contributed by atoms with van der Waals surface area (Å²) in [5, 5.41) is 13.3. The van der Waals surface area contributed by atoms with Crippen molar-refractivity contribution in [2.45, 2.75) is 6.04 Å². The van der Waals surface area contributed by atoms with Crippen molar-refractivity contribution in [2.75, 3.05) is 5.32 Å². The van der Waals surface area contributed by atoms with Crippen LogP contribution >= 0.6 is 11.6 Å². The van der Waals surface area contributed by atoms with Gasteiger partial charge in [-0.25, -0.2) is 0 Å². The molecule has 108 valence electrons. The Morgan fingerprint density at radius 1 is 1.24 bits per heavy atom. The largest absolute Gasteiger partial charge is 0.323 e. The molecule has 6 nitrogen and oxygen atoms in total. The molecule has 2 aromatic carbocycles. The van der Waals surface area contributed by atoms with E-state index in [-0.39, 0.29) is 16.4 Å². The molecule has 0 aliphatic heterocycles. The Balaban J connectivity index is 2.15. The second-order valence-corrected chi connectivity index (χ2v) is 4.71. The van der Waals surface area contributed by atoms with E-state index in [9.17, 15) is 14.9 Å². The number of rotatable bonds is 4. The van der Waals surface area contributed by atoms with E-state index in [1.54, 1.807) is 24.3 Å². The van der Waals surface area contributed by atoms with Crippen LogP contribution in [0.25, 0.3) is 0 Å². The number of carbonyl (C=O) groups excluding carboxylic acids is 1. The highest BCUT2D eigenvalue weighted by Gasteiger charge is 2.17. The number of nitrogens with two attached hydrogens (primary N) is 1. The van der Waals surface area contributed by atoms with Gasteiger partial charge in [0, 0.05) is 12.1 Å². The van der Waals surface area contributed by atoms with Gasteiger partial charge in [0.1, 0.15) is 6.04 Å². The molecule has 0 bridgehead atoms. The van der Waals surface area contributed by atoms with Crippen molar-refractivity contribution >= 4 is 28.9 Å². The average molecular weight is 306 g/mol. The molecule has 1 atom stereocenters. The lowest BCUT2D eigenvalue weighted by Gasteiger charge is -2.13. The monoisotopic (exact) mass is 305 g/mol. The van der Waals surface area contributed by atoms with Crippen molar-refractivity contribution < 1.29 is 9.72 Å². The van der Waals surface area contributed by atoms with E-state index < -0.39 is 16.9 Å². The summed E-state index contributed by atoms with van der Waals surface area (Å²) in [6.45, 7) is 0. The van der Waals surface area contributed by atoms with E-state index in [2.05, 4.69) is 5.32 Å². The molecule has 0 saturated heterocycles. The lowest BCUT2D eigenvalue weighted by Crippen LogP contribution is -2.27.